The summed E-state index contributed by atoms with van der Waals surface area (Å²) in [4.78, 5) is 2.41. The fourth-order valence-corrected chi connectivity index (χ4v) is 3.11. The van der Waals surface area contributed by atoms with Gasteiger partial charge in [0.1, 0.15) is 0 Å². The van der Waals surface area contributed by atoms with Gasteiger partial charge in [-0.1, -0.05) is 0 Å². The van der Waals surface area contributed by atoms with Crippen molar-refractivity contribution >= 4 is 0 Å². The molecule has 0 spiro atoms. The Kier molecular flexibility index (Phi) is 3.81. The third-order valence-electron chi connectivity index (χ3n) is 4.65. The first-order valence-electron chi connectivity index (χ1n) is 6.98. The molecule has 0 amide bonds. The maximum atomic E-state index is 5.76. The van der Waals surface area contributed by atoms with E-state index in [0.29, 0.717) is 11.6 Å². The molecular formula is C14H28N2O. The van der Waals surface area contributed by atoms with Crippen LogP contribution in [0.5, 0.6) is 0 Å². The largest absolute Gasteiger partial charge is 0.375 e. The summed E-state index contributed by atoms with van der Waals surface area (Å²) >= 11 is 0. The Morgan fingerprint density at radius 2 is 2.00 bits per heavy atom. The molecular weight excluding hydrogens is 212 g/mol. The van der Waals surface area contributed by atoms with Crippen molar-refractivity contribution < 1.29 is 4.74 Å². The molecule has 3 nitrogen and oxygen atoms in total. The minimum atomic E-state index is 0.0564. The van der Waals surface area contributed by atoms with Crippen molar-refractivity contribution in [2.24, 2.45) is 0 Å². The van der Waals surface area contributed by atoms with Crippen LogP contribution in [0.4, 0.5) is 0 Å². The Bertz CT molecular complexity index is 259. The van der Waals surface area contributed by atoms with Crippen LogP contribution in [0.1, 0.15) is 46.0 Å². The molecule has 2 aliphatic rings. The molecule has 0 bridgehead atoms. The highest BCUT2D eigenvalue weighted by Gasteiger charge is 2.39. The minimum absolute atomic E-state index is 0.0564. The molecule has 1 heterocycles. The van der Waals surface area contributed by atoms with Crippen molar-refractivity contribution in [2.75, 3.05) is 27.2 Å². The number of nitrogens with one attached hydrogen (secondary N) is 1. The van der Waals surface area contributed by atoms with Crippen molar-refractivity contribution in [1.82, 2.24) is 10.2 Å². The SMILES string of the molecule is CN(C)C1(CNC2CCOC(C)(C)C2)CCC1. The summed E-state index contributed by atoms with van der Waals surface area (Å²) in [6, 6.07) is 0.635. The predicted molar refractivity (Wildman–Crippen MR) is 71.3 cm³/mol. The number of hydrogen-bond acceptors (Lipinski definition) is 3. The van der Waals surface area contributed by atoms with Crippen LogP contribution in [0.15, 0.2) is 0 Å². The normalized spacial score (nSPS) is 31.2. The van der Waals surface area contributed by atoms with Gasteiger partial charge in [-0.15, -0.1) is 0 Å². The summed E-state index contributed by atoms with van der Waals surface area (Å²) in [6.45, 7) is 6.44. The molecule has 100 valence electrons. The molecule has 1 aliphatic heterocycles. The molecule has 0 aromatic heterocycles. The fraction of sp³-hybridized carbons (Fsp3) is 1.00. The van der Waals surface area contributed by atoms with E-state index in [1.165, 1.54) is 19.3 Å². The zero-order valence-corrected chi connectivity index (χ0v) is 11.9. The van der Waals surface area contributed by atoms with Crippen LogP contribution in [0.25, 0.3) is 0 Å². The van der Waals surface area contributed by atoms with Crippen molar-refractivity contribution in [3.63, 3.8) is 0 Å². The van der Waals surface area contributed by atoms with Gasteiger partial charge in [-0.05, 0) is 60.0 Å². The lowest BCUT2D eigenvalue weighted by Crippen LogP contribution is -2.58. The van der Waals surface area contributed by atoms with Crippen LogP contribution in [0.3, 0.4) is 0 Å². The first kappa shape index (κ1) is 13.3. The predicted octanol–water partition coefficient (Wildman–Crippen LogP) is 2.02. The Morgan fingerprint density at radius 1 is 1.29 bits per heavy atom. The highest BCUT2D eigenvalue weighted by atomic mass is 16.5. The van der Waals surface area contributed by atoms with Gasteiger partial charge in [0.05, 0.1) is 5.60 Å². The molecule has 3 heteroatoms. The molecule has 0 aromatic carbocycles. The monoisotopic (exact) mass is 240 g/mol. The molecule has 1 atom stereocenters. The minimum Gasteiger partial charge on any atom is -0.375 e. The van der Waals surface area contributed by atoms with Crippen LogP contribution >= 0.6 is 0 Å². The van der Waals surface area contributed by atoms with E-state index in [1.807, 2.05) is 0 Å². The Hall–Kier alpha value is -0.120. The van der Waals surface area contributed by atoms with Gasteiger partial charge >= 0.3 is 0 Å². The molecule has 1 N–H and O–H groups in total. The standard InChI is InChI=1S/C14H28N2O/c1-13(2)10-12(6-9-17-13)15-11-14(16(3)4)7-5-8-14/h12,15H,5-11H2,1-4H3. The summed E-state index contributed by atoms with van der Waals surface area (Å²) < 4.78 is 5.76. The van der Waals surface area contributed by atoms with Crippen LogP contribution in [0.2, 0.25) is 0 Å². The zero-order chi connectivity index (χ0) is 12.5. The second kappa shape index (κ2) is 4.87. The highest BCUT2D eigenvalue weighted by Crippen LogP contribution is 2.36. The molecule has 0 radical (unpaired) electrons. The average molecular weight is 240 g/mol. The van der Waals surface area contributed by atoms with Crippen LogP contribution in [-0.2, 0) is 4.74 Å². The summed E-state index contributed by atoms with van der Waals surface area (Å²) in [5.74, 6) is 0. The lowest BCUT2D eigenvalue weighted by molar-refractivity contribution is -0.0655. The quantitative estimate of drug-likeness (QED) is 0.813. The Morgan fingerprint density at radius 3 is 2.47 bits per heavy atom. The molecule has 1 aliphatic carbocycles. The maximum Gasteiger partial charge on any atom is 0.0641 e. The van der Waals surface area contributed by atoms with Gasteiger partial charge in [0.25, 0.3) is 0 Å². The second-order valence-electron chi connectivity index (χ2n) is 6.65. The number of hydrogen-bond donors (Lipinski definition) is 1. The van der Waals surface area contributed by atoms with Crippen LogP contribution in [0, 0.1) is 0 Å². The smallest absolute Gasteiger partial charge is 0.0641 e. The van der Waals surface area contributed by atoms with Gasteiger partial charge in [-0.3, -0.25) is 0 Å². The summed E-state index contributed by atoms with van der Waals surface area (Å²) in [5.41, 5.74) is 0.489. The number of likely N-dealkylation sites (N-methyl/N-ethyl adjacent to an activating group) is 1. The maximum absolute atomic E-state index is 5.76. The molecule has 1 saturated carbocycles. The molecule has 1 unspecified atom stereocenters. The average Bonchev–Trinajstić information content (AvgIpc) is 2.13. The fourth-order valence-electron chi connectivity index (χ4n) is 3.11. The van der Waals surface area contributed by atoms with Gasteiger partial charge in [0.15, 0.2) is 0 Å². The topological polar surface area (TPSA) is 24.5 Å². The number of nitrogens with zero attached hydrogens (tertiary/aromatic N) is 1. The van der Waals surface area contributed by atoms with Gasteiger partial charge in [0, 0.05) is 24.7 Å². The first-order chi connectivity index (χ1) is 7.94. The van der Waals surface area contributed by atoms with Crippen molar-refractivity contribution in [2.45, 2.75) is 63.1 Å². The van der Waals surface area contributed by atoms with Crippen molar-refractivity contribution in [3.8, 4) is 0 Å². The van der Waals surface area contributed by atoms with Crippen LogP contribution in [-0.4, -0.2) is 49.3 Å². The van der Waals surface area contributed by atoms with E-state index in [-0.39, 0.29) is 5.60 Å². The summed E-state index contributed by atoms with van der Waals surface area (Å²) in [7, 11) is 4.43. The van der Waals surface area contributed by atoms with E-state index in [4.69, 9.17) is 4.74 Å². The molecule has 2 rings (SSSR count). The van der Waals surface area contributed by atoms with Gasteiger partial charge in [-0.2, -0.15) is 0 Å². The van der Waals surface area contributed by atoms with Crippen LogP contribution < -0.4 is 5.32 Å². The third kappa shape index (κ3) is 3.01. The first-order valence-corrected chi connectivity index (χ1v) is 6.98. The van der Waals surface area contributed by atoms with E-state index < -0.39 is 0 Å². The molecule has 1 saturated heterocycles. The molecule has 0 aromatic rings. The van der Waals surface area contributed by atoms with Gasteiger partial charge in [0.2, 0.25) is 0 Å². The Labute approximate surface area is 106 Å². The lowest BCUT2D eigenvalue weighted by Gasteiger charge is -2.49. The van der Waals surface area contributed by atoms with E-state index in [9.17, 15) is 0 Å². The number of rotatable bonds is 4. The summed E-state index contributed by atoms with van der Waals surface area (Å²) in [5, 5.41) is 3.78. The summed E-state index contributed by atoms with van der Waals surface area (Å²) in [6.07, 6.45) is 6.38. The molecule has 17 heavy (non-hydrogen) atoms. The lowest BCUT2D eigenvalue weighted by atomic mass is 9.75. The molecule has 2 fully saturated rings. The zero-order valence-electron chi connectivity index (χ0n) is 11.9. The second-order valence-corrected chi connectivity index (χ2v) is 6.65. The highest BCUT2D eigenvalue weighted by molar-refractivity contribution is 4.98. The Balaban J connectivity index is 1.81. The van der Waals surface area contributed by atoms with E-state index in [1.54, 1.807) is 0 Å². The third-order valence-corrected chi connectivity index (χ3v) is 4.65. The number of ether oxygens (including phenoxy) is 1. The van der Waals surface area contributed by atoms with E-state index in [0.717, 1.165) is 26.0 Å². The van der Waals surface area contributed by atoms with Gasteiger partial charge in [-0.25, -0.2) is 0 Å². The van der Waals surface area contributed by atoms with Crippen molar-refractivity contribution in [1.29, 1.82) is 0 Å². The van der Waals surface area contributed by atoms with E-state index in [2.05, 4.69) is 38.2 Å². The van der Waals surface area contributed by atoms with E-state index >= 15 is 0 Å². The van der Waals surface area contributed by atoms with Crippen molar-refractivity contribution in [3.05, 3.63) is 0 Å². The van der Waals surface area contributed by atoms with Gasteiger partial charge < -0.3 is 15.0 Å².